The molecule has 258 valence electrons. The van der Waals surface area contributed by atoms with Gasteiger partial charge >= 0.3 is 12.2 Å². The van der Waals surface area contributed by atoms with Crippen LogP contribution in [0, 0.1) is 11.3 Å². The Kier molecular flexibility index (Phi) is 16.2. The highest BCUT2D eigenvalue weighted by Crippen LogP contribution is 2.29. The predicted molar refractivity (Wildman–Crippen MR) is 199 cm³/mol. The first-order chi connectivity index (χ1) is 21.8. The molecule has 2 aromatic rings. The molecule has 0 atom stereocenters. The fraction of sp³-hybridized carbons (Fsp3) is 0.528. The van der Waals surface area contributed by atoms with Crippen LogP contribution in [0.15, 0.2) is 54.6 Å². The molecule has 11 heteroatoms. The summed E-state index contributed by atoms with van der Waals surface area (Å²) in [4.78, 5) is 27.8. The molecule has 0 radical (unpaired) electrons. The zero-order chi connectivity index (χ0) is 33.7. The third kappa shape index (κ3) is 14.3. The lowest BCUT2D eigenvalue weighted by Gasteiger charge is -2.32. The van der Waals surface area contributed by atoms with Crippen LogP contribution in [-0.4, -0.2) is 77.5 Å². The molecule has 0 aromatic heterocycles. The number of amides is 2. The van der Waals surface area contributed by atoms with Crippen LogP contribution in [-0.2, 0) is 16.0 Å². The second-order valence-electron chi connectivity index (χ2n) is 14.7. The summed E-state index contributed by atoms with van der Waals surface area (Å²) in [6.07, 6.45) is 4.48. The molecule has 1 saturated heterocycles. The fourth-order valence-electron chi connectivity index (χ4n) is 5.33. The molecule has 0 unspecified atom stereocenters. The molecule has 0 saturated carbocycles. The first-order valence-corrected chi connectivity index (χ1v) is 24.0. The highest BCUT2D eigenvalue weighted by molar-refractivity contribution is 6.76. The fourth-order valence-corrected chi connectivity index (χ4v) is 6.76. The average Bonchev–Trinajstić information content (AvgIpc) is 3.04. The molecule has 2 aromatic carbocycles. The van der Waals surface area contributed by atoms with Gasteiger partial charge in [-0.05, 0) is 71.7 Å². The molecule has 0 bridgehead atoms. The van der Waals surface area contributed by atoms with E-state index in [2.05, 4.69) is 75.7 Å². The Bertz CT molecular complexity index is 1380. The maximum atomic E-state index is 12.1. The maximum absolute atomic E-state index is 12.1. The lowest BCUT2D eigenvalue weighted by molar-refractivity contribution is 0.0967. The van der Waals surface area contributed by atoms with Crippen LogP contribution in [0.25, 0.3) is 5.57 Å². The molecule has 0 aliphatic carbocycles. The van der Waals surface area contributed by atoms with Crippen LogP contribution >= 0.6 is 12.4 Å². The normalized spacial score (nSPS) is 15.3. The number of nitrogens with two attached hydrogens (primary N) is 1. The first kappa shape index (κ1) is 40.1. The van der Waals surface area contributed by atoms with Gasteiger partial charge in [0.2, 0.25) is 0 Å². The molecule has 2 aliphatic heterocycles. The second kappa shape index (κ2) is 19.0. The van der Waals surface area contributed by atoms with Crippen LogP contribution < -0.4 is 5.73 Å². The van der Waals surface area contributed by atoms with Gasteiger partial charge in [0, 0.05) is 48.9 Å². The Morgan fingerprint density at radius 3 is 2.00 bits per heavy atom. The molecular weight excluding hydrogens is 644 g/mol. The number of likely N-dealkylation sites (tertiary alicyclic amines) is 1. The number of nitrogens with zero attached hydrogens (tertiary/aromatic N) is 3. The summed E-state index contributed by atoms with van der Waals surface area (Å²) in [6, 6.07) is 20.3. The molecule has 2 heterocycles. The van der Waals surface area contributed by atoms with Crippen LogP contribution in [0.3, 0.4) is 0 Å². The van der Waals surface area contributed by atoms with E-state index < -0.39 is 16.1 Å². The van der Waals surface area contributed by atoms with E-state index in [-0.39, 0.29) is 24.6 Å². The third-order valence-electron chi connectivity index (χ3n) is 8.40. The monoisotopic (exact) mass is 698 g/mol. The minimum atomic E-state index is -1.17. The van der Waals surface area contributed by atoms with Gasteiger partial charge < -0.3 is 25.0 Å². The van der Waals surface area contributed by atoms with Gasteiger partial charge in [0.1, 0.15) is 0 Å². The van der Waals surface area contributed by atoms with Crippen molar-refractivity contribution in [3.8, 4) is 6.07 Å². The average molecular weight is 699 g/mol. The van der Waals surface area contributed by atoms with Gasteiger partial charge in [-0.3, -0.25) is 0 Å². The summed E-state index contributed by atoms with van der Waals surface area (Å²) in [5.74, 6) is 0.521. The number of rotatable bonds is 9. The molecule has 1 fully saturated rings. The van der Waals surface area contributed by atoms with Gasteiger partial charge in [-0.1, -0.05) is 81.8 Å². The van der Waals surface area contributed by atoms with Crippen LogP contribution in [0.1, 0.15) is 47.4 Å². The van der Waals surface area contributed by atoms with Crippen molar-refractivity contribution >= 4 is 46.3 Å². The van der Waals surface area contributed by atoms with Crippen molar-refractivity contribution in [3.63, 3.8) is 0 Å². The zero-order valence-electron chi connectivity index (χ0n) is 29.2. The lowest BCUT2D eigenvalue weighted by atomic mass is 9.89. The molecule has 4 rings (SSSR count). The van der Waals surface area contributed by atoms with Gasteiger partial charge in [-0.15, -0.1) is 12.4 Å². The molecule has 2 N–H and O–H groups in total. The quantitative estimate of drug-likeness (QED) is 0.264. The zero-order valence-corrected chi connectivity index (χ0v) is 32.0. The molecule has 8 nitrogen and oxygen atoms in total. The Hall–Kier alpha value is -3.11. The van der Waals surface area contributed by atoms with E-state index in [0.717, 1.165) is 50.0 Å². The van der Waals surface area contributed by atoms with E-state index in [0.29, 0.717) is 44.3 Å². The van der Waals surface area contributed by atoms with Gasteiger partial charge in [-0.2, -0.15) is 5.26 Å². The number of benzene rings is 2. The number of halogens is 1. The van der Waals surface area contributed by atoms with Crippen LogP contribution in [0.5, 0.6) is 0 Å². The van der Waals surface area contributed by atoms with Crippen molar-refractivity contribution < 1.29 is 19.1 Å². The number of hydrogen-bond donors (Lipinski definition) is 1. The second-order valence-corrected chi connectivity index (χ2v) is 25.9. The SMILES string of the molecule is C[Si](C)(C)CCOC(=O)N1CC=C(c2cccc(C#N)c2)CC1.C[Si](C)(C)CCOC(=O)N1CCC(c2cccc(CN)c2)CC1.Cl. The largest absolute Gasteiger partial charge is 0.450 e. The van der Waals surface area contributed by atoms with Crippen molar-refractivity contribution in [2.24, 2.45) is 5.73 Å². The number of ether oxygens (including phenoxy) is 2. The Labute approximate surface area is 290 Å². The summed E-state index contributed by atoms with van der Waals surface area (Å²) in [6.45, 7) is 18.1. The van der Waals surface area contributed by atoms with E-state index in [4.69, 9.17) is 20.5 Å². The molecular formula is C36H55ClN4O4Si2. The molecule has 2 amide bonds. The standard InChI is InChI=1S/C18H30N2O2Si.C18H24N2O2Si.ClH/c2*1-23(2,3)12-11-22-18(21)20-9-7-16(8-10-20)17-6-4-5-15(13-17)14-19;/h4-6,13,16H,7-12,14,19H2,1-3H3;4-7,13H,8-12H2,1-3H3;1H. The van der Waals surface area contributed by atoms with Crippen molar-refractivity contribution in [2.45, 2.75) is 83.1 Å². The van der Waals surface area contributed by atoms with Gasteiger partial charge in [0.15, 0.2) is 0 Å². The predicted octanol–water partition coefficient (Wildman–Crippen LogP) is 8.34. The molecule has 2 aliphatic rings. The van der Waals surface area contributed by atoms with E-state index in [1.54, 1.807) is 11.0 Å². The summed E-state index contributed by atoms with van der Waals surface area (Å²) in [5.41, 5.74) is 11.2. The van der Waals surface area contributed by atoms with Crippen LogP contribution in [0.2, 0.25) is 51.4 Å². The lowest BCUT2D eigenvalue weighted by Crippen LogP contribution is -2.38. The summed E-state index contributed by atoms with van der Waals surface area (Å²) in [5, 5.41) is 8.98. The van der Waals surface area contributed by atoms with E-state index in [1.807, 2.05) is 23.1 Å². The van der Waals surface area contributed by atoms with Gasteiger partial charge in [0.05, 0.1) is 24.8 Å². The van der Waals surface area contributed by atoms with Gasteiger partial charge in [-0.25, -0.2) is 9.59 Å². The van der Waals surface area contributed by atoms with E-state index in [1.165, 1.54) is 16.7 Å². The Morgan fingerprint density at radius 1 is 0.872 bits per heavy atom. The number of hydrogen-bond acceptors (Lipinski definition) is 6. The number of carbonyl (C=O) groups is 2. The highest BCUT2D eigenvalue weighted by Gasteiger charge is 2.25. The Morgan fingerprint density at radius 2 is 1.47 bits per heavy atom. The number of nitriles is 1. The molecule has 0 spiro atoms. The maximum Gasteiger partial charge on any atom is 0.410 e. The summed E-state index contributed by atoms with van der Waals surface area (Å²) < 4.78 is 10.8. The summed E-state index contributed by atoms with van der Waals surface area (Å²) >= 11 is 0. The van der Waals surface area contributed by atoms with Crippen molar-refractivity contribution in [2.75, 3.05) is 39.4 Å². The Balaban J connectivity index is 0.000000320. The van der Waals surface area contributed by atoms with Gasteiger partial charge in [0.25, 0.3) is 0 Å². The van der Waals surface area contributed by atoms with Crippen molar-refractivity contribution in [3.05, 3.63) is 76.9 Å². The highest BCUT2D eigenvalue weighted by atomic mass is 35.5. The number of piperidine rings is 1. The van der Waals surface area contributed by atoms with E-state index >= 15 is 0 Å². The third-order valence-corrected chi connectivity index (χ3v) is 11.8. The topological polar surface area (TPSA) is 109 Å². The summed E-state index contributed by atoms with van der Waals surface area (Å²) in [7, 11) is -2.32. The van der Waals surface area contributed by atoms with Crippen LogP contribution in [0.4, 0.5) is 9.59 Å². The van der Waals surface area contributed by atoms with Crippen molar-refractivity contribution in [1.29, 1.82) is 5.26 Å². The minimum Gasteiger partial charge on any atom is -0.450 e. The smallest absolute Gasteiger partial charge is 0.410 e. The first-order valence-electron chi connectivity index (χ1n) is 16.6. The van der Waals surface area contributed by atoms with Crippen molar-refractivity contribution in [1.82, 2.24) is 9.80 Å². The van der Waals surface area contributed by atoms with E-state index in [9.17, 15) is 9.59 Å². The molecule has 47 heavy (non-hydrogen) atoms. The minimum absolute atomic E-state index is 0. The number of carbonyl (C=O) groups excluding carboxylic acids is 2.